The quantitative estimate of drug-likeness (QED) is 0.694. The molecule has 1 aliphatic heterocycles. The van der Waals surface area contributed by atoms with Crippen LogP contribution in [0.4, 0.5) is 0 Å². The van der Waals surface area contributed by atoms with E-state index in [9.17, 15) is 14.7 Å². The molecule has 0 bridgehead atoms. The van der Waals surface area contributed by atoms with Gasteiger partial charge in [-0.25, -0.2) is 4.79 Å². The highest BCUT2D eigenvalue weighted by Gasteiger charge is 2.27. The van der Waals surface area contributed by atoms with Crippen molar-refractivity contribution in [3.8, 4) is 0 Å². The summed E-state index contributed by atoms with van der Waals surface area (Å²) >= 11 is 0. The van der Waals surface area contributed by atoms with E-state index < -0.39 is 17.4 Å². The Morgan fingerprint density at radius 1 is 1.47 bits per heavy atom. The molecule has 1 saturated heterocycles. The largest absolute Gasteiger partial charge is 0.400 e. The van der Waals surface area contributed by atoms with Crippen molar-refractivity contribution in [1.82, 2.24) is 9.55 Å². The molecule has 3 N–H and O–H groups in total. The van der Waals surface area contributed by atoms with Gasteiger partial charge in [0.05, 0.1) is 12.2 Å². The van der Waals surface area contributed by atoms with E-state index in [1.165, 1.54) is 16.8 Å². The Balaban J connectivity index is 0.000000861. The fourth-order valence-corrected chi connectivity index (χ4v) is 2.10. The van der Waals surface area contributed by atoms with Crippen molar-refractivity contribution >= 4 is 0 Å². The Labute approximate surface area is 110 Å². The normalized spacial score (nSPS) is 23.6. The number of hydrogen-bond acceptors (Lipinski definition) is 5. The van der Waals surface area contributed by atoms with E-state index in [1.54, 1.807) is 6.92 Å². The summed E-state index contributed by atoms with van der Waals surface area (Å²) in [4.78, 5) is 24.7. The van der Waals surface area contributed by atoms with Gasteiger partial charge in [-0.15, -0.1) is 0 Å². The highest BCUT2D eigenvalue weighted by molar-refractivity contribution is 4.86. The van der Waals surface area contributed by atoms with E-state index in [4.69, 9.17) is 9.84 Å². The lowest BCUT2D eigenvalue weighted by atomic mass is 10.1. The Hall–Kier alpha value is -1.44. The van der Waals surface area contributed by atoms with Crippen LogP contribution in [0.25, 0.3) is 0 Å². The van der Waals surface area contributed by atoms with Crippen LogP contribution in [-0.2, 0) is 4.74 Å². The topological polar surface area (TPSA) is 105 Å². The number of nitrogens with one attached hydrogen (secondary N) is 1. The van der Waals surface area contributed by atoms with Gasteiger partial charge in [0.2, 0.25) is 0 Å². The second-order valence-corrected chi connectivity index (χ2v) is 4.39. The van der Waals surface area contributed by atoms with E-state index in [0.29, 0.717) is 12.8 Å². The maximum Gasteiger partial charge on any atom is 0.330 e. The van der Waals surface area contributed by atoms with Gasteiger partial charge in [-0.1, -0.05) is 0 Å². The first-order valence-corrected chi connectivity index (χ1v) is 6.16. The van der Waals surface area contributed by atoms with E-state index in [0.717, 1.165) is 13.5 Å². The molecule has 0 aliphatic carbocycles. The number of aliphatic hydroxyl groups is 2. The molecule has 0 aromatic carbocycles. The summed E-state index contributed by atoms with van der Waals surface area (Å²) in [6.07, 6.45) is 2.74. The van der Waals surface area contributed by atoms with Crippen LogP contribution >= 0.6 is 0 Å². The fourth-order valence-electron chi connectivity index (χ4n) is 2.10. The van der Waals surface area contributed by atoms with Crippen LogP contribution in [0.15, 0.2) is 21.9 Å². The molecule has 1 aliphatic rings. The molecule has 0 radical (unpaired) electrons. The van der Waals surface area contributed by atoms with Gasteiger partial charge in [0.1, 0.15) is 6.23 Å². The molecule has 2 rings (SSSR count). The number of aromatic amines is 1. The Kier molecular flexibility index (Phi) is 5.94. The van der Waals surface area contributed by atoms with Gasteiger partial charge in [-0.3, -0.25) is 14.3 Å². The van der Waals surface area contributed by atoms with Gasteiger partial charge in [-0.2, -0.15) is 0 Å². The van der Waals surface area contributed by atoms with Crippen LogP contribution in [0, 0.1) is 0 Å². The molecule has 19 heavy (non-hydrogen) atoms. The number of aromatic nitrogens is 2. The Morgan fingerprint density at radius 2 is 2.16 bits per heavy atom. The molecular weight excluding hydrogens is 252 g/mol. The van der Waals surface area contributed by atoms with Gasteiger partial charge in [-0.05, 0) is 26.2 Å². The summed E-state index contributed by atoms with van der Waals surface area (Å²) in [7, 11) is 1.00. The van der Waals surface area contributed by atoms with Crippen molar-refractivity contribution in [2.24, 2.45) is 0 Å². The third-order valence-electron chi connectivity index (χ3n) is 2.85. The number of nitrogens with zero attached hydrogens (tertiary/aromatic N) is 1. The zero-order valence-electron chi connectivity index (χ0n) is 11.1. The van der Waals surface area contributed by atoms with Gasteiger partial charge < -0.3 is 14.9 Å². The lowest BCUT2D eigenvalue weighted by molar-refractivity contribution is -0.0200. The molecular formula is C12H20N2O5. The van der Waals surface area contributed by atoms with Crippen molar-refractivity contribution in [3.63, 3.8) is 0 Å². The van der Waals surface area contributed by atoms with Crippen molar-refractivity contribution in [2.45, 2.75) is 44.6 Å². The summed E-state index contributed by atoms with van der Waals surface area (Å²) in [5.41, 5.74) is -0.870. The van der Waals surface area contributed by atoms with E-state index in [2.05, 4.69) is 4.98 Å². The minimum absolute atomic E-state index is 0.0289. The van der Waals surface area contributed by atoms with Crippen LogP contribution in [0.2, 0.25) is 0 Å². The van der Waals surface area contributed by atoms with Crippen molar-refractivity contribution in [1.29, 1.82) is 0 Å². The van der Waals surface area contributed by atoms with Gasteiger partial charge in [0.15, 0.2) is 0 Å². The molecule has 3 atom stereocenters. The third kappa shape index (κ3) is 4.30. The highest BCUT2D eigenvalue weighted by atomic mass is 16.5. The molecule has 2 unspecified atom stereocenters. The predicted octanol–water partition coefficient (Wildman–Crippen LogP) is -0.406. The molecule has 1 aromatic rings. The van der Waals surface area contributed by atoms with Crippen LogP contribution in [0.1, 0.15) is 32.4 Å². The van der Waals surface area contributed by atoms with Crippen LogP contribution in [-0.4, -0.2) is 39.1 Å². The van der Waals surface area contributed by atoms with Crippen molar-refractivity contribution in [2.75, 3.05) is 7.11 Å². The highest BCUT2D eigenvalue weighted by Crippen LogP contribution is 2.29. The summed E-state index contributed by atoms with van der Waals surface area (Å²) < 4.78 is 7.04. The van der Waals surface area contributed by atoms with Gasteiger partial charge >= 0.3 is 5.69 Å². The monoisotopic (exact) mass is 272 g/mol. The van der Waals surface area contributed by atoms with Crippen molar-refractivity contribution < 1.29 is 14.9 Å². The SMILES string of the molecule is CC(O)C[C@@H]1CCC(n2ccc(=O)[nH]c2=O)O1.CO. The molecule has 1 fully saturated rings. The second-order valence-electron chi connectivity index (χ2n) is 4.39. The van der Waals surface area contributed by atoms with Gasteiger partial charge in [0, 0.05) is 19.4 Å². The lowest BCUT2D eigenvalue weighted by Crippen LogP contribution is -2.31. The molecule has 0 amide bonds. The first kappa shape index (κ1) is 15.6. The minimum atomic E-state index is -0.458. The first-order valence-electron chi connectivity index (χ1n) is 6.16. The molecule has 1 aromatic heterocycles. The third-order valence-corrected chi connectivity index (χ3v) is 2.85. The number of rotatable bonds is 3. The number of ether oxygens (including phenoxy) is 1. The molecule has 0 spiro atoms. The Bertz CT molecular complexity index is 493. The minimum Gasteiger partial charge on any atom is -0.400 e. The molecule has 2 heterocycles. The number of H-pyrrole nitrogens is 1. The van der Waals surface area contributed by atoms with E-state index >= 15 is 0 Å². The summed E-state index contributed by atoms with van der Waals surface area (Å²) in [5.74, 6) is 0. The van der Waals surface area contributed by atoms with Crippen LogP contribution in [0.5, 0.6) is 0 Å². The second kappa shape index (κ2) is 7.22. The Morgan fingerprint density at radius 3 is 2.74 bits per heavy atom. The summed E-state index contributed by atoms with van der Waals surface area (Å²) in [5, 5.41) is 16.3. The average molecular weight is 272 g/mol. The van der Waals surface area contributed by atoms with E-state index in [-0.39, 0.29) is 12.3 Å². The zero-order valence-corrected chi connectivity index (χ0v) is 11.1. The maximum absolute atomic E-state index is 11.5. The van der Waals surface area contributed by atoms with Crippen LogP contribution < -0.4 is 11.2 Å². The van der Waals surface area contributed by atoms with Gasteiger partial charge in [0.25, 0.3) is 5.56 Å². The predicted molar refractivity (Wildman–Crippen MR) is 68.9 cm³/mol. The average Bonchev–Trinajstić information content (AvgIpc) is 2.79. The maximum atomic E-state index is 11.5. The van der Waals surface area contributed by atoms with Crippen molar-refractivity contribution in [3.05, 3.63) is 33.1 Å². The van der Waals surface area contributed by atoms with Crippen LogP contribution in [0.3, 0.4) is 0 Å². The lowest BCUT2D eigenvalue weighted by Gasteiger charge is -2.16. The summed E-state index contributed by atoms with van der Waals surface area (Å²) in [6, 6.07) is 1.30. The molecule has 7 heteroatoms. The first-order chi connectivity index (χ1) is 9.06. The zero-order chi connectivity index (χ0) is 14.4. The molecule has 108 valence electrons. The number of aliphatic hydroxyl groups excluding tert-OH is 2. The number of hydrogen-bond donors (Lipinski definition) is 3. The molecule has 0 saturated carbocycles. The summed E-state index contributed by atoms with van der Waals surface area (Å²) in [6.45, 7) is 1.71. The smallest absolute Gasteiger partial charge is 0.330 e. The molecule has 7 nitrogen and oxygen atoms in total. The fraction of sp³-hybridized carbons (Fsp3) is 0.667. The van der Waals surface area contributed by atoms with E-state index in [1.807, 2.05) is 0 Å². The standard InChI is InChI=1S/C11H16N2O4.CH4O/c1-7(14)6-8-2-3-10(17-8)13-5-4-9(15)12-11(13)16;1-2/h4-5,7-8,10,14H,2-3,6H2,1H3,(H,12,15,16);2H,1H3/t7?,8-,10?;/m0./s1.